The van der Waals surface area contributed by atoms with Crippen molar-refractivity contribution in [2.24, 2.45) is 4.99 Å². The highest BCUT2D eigenvalue weighted by Gasteiger charge is 2.27. The van der Waals surface area contributed by atoms with Gasteiger partial charge in [0.2, 0.25) is 0 Å². The number of guanidine groups is 1. The summed E-state index contributed by atoms with van der Waals surface area (Å²) in [4.78, 5) is 5.06. The molecule has 2 N–H and O–H groups in total. The van der Waals surface area contributed by atoms with Crippen LogP contribution in [0.3, 0.4) is 0 Å². The van der Waals surface area contributed by atoms with Crippen LogP contribution in [0.2, 0.25) is 0 Å². The summed E-state index contributed by atoms with van der Waals surface area (Å²) in [5.41, 5.74) is 0.814. The average molecular weight is 425 g/mol. The van der Waals surface area contributed by atoms with Crippen LogP contribution in [0.5, 0.6) is 0 Å². The SMILES string of the molecule is CN=C(NCc1cccc(F)c1)NCc1ccc(S(=O)(=O)N2CCCCC2)s1. The largest absolute Gasteiger partial charge is 0.352 e. The van der Waals surface area contributed by atoms with E-state index in [0.717, 1.165) is 29.7 Å². The number of hydrogen-bond donors (Lipinski definition) is 2. The lowest BCUT2D eigenvalue weighted by molar-refractivity contribution is 0.347. The lowest BCUT2D eigenvalue weighted by Gasteiger charge is -2.25. The van der Waals surface area contributed by atoms with E-state index in [-0.39, 0.29) is 5.82 Å². The number of halogens is 1. The highest BCUT2D eigenvalue weighted by molar-refractivity contribution is 7.91. The number of hydrogen-bond acceptors (Lipinski definition) is 4. The average Bonchev–Trinajstić information content (AvgIpc) is 3.19. The Morgan fingerprint density at radius 2 is 1.89 bits per heavy atom. The second-order valence-corrected chi connectivity index (χ2v) is 9.93. The summed E-state index contributed by atoms with van der Waals surface area (Å²) < 4.78 is 40.7. The van der Waals surface area contributed by atoms with Gasteiger partial charge in [-0.15, -0.1) is 11.3 Å². The van der Waals surface area contributed by atoms with Gasteiger partial charge in [0.1, 0.15) is 10.0 Å². The van der Waals surface area contributed by atoms with Crippen LogP contribution in [-0.4, -0.2) is 38.8 Å². The molecule has 0 spiro atoms. The van der Waals surface area contributed by atoms with Gasteiger partial charge in [0.05, 0.1) is 6.54 Å². The number of thiophene rings is 1. The topological polar surface area (TPSA) is 73.8 Å². The Labute approximate surface area is 169 Å². The first-order valence-electron chi connectivity index (χ1n) is 9.27. The highest BCUT2D eigenvalue weighted by Crippen LogP contribution is 2.27. The molecule has 2 heterocycles. The molecule has 152 valence electrons. The lowest BCUT2D eigenvalue weighted by atomic mass is 10.2. The Balaban J connectivity index is 1.55. The molecule has 1 aromatic heterocycles. The fourth-order valence-corrected chi connectivity index (χ4v) is 6.02. The number of nitrogens with zero attached hydrogens (tertiary/aromatic N) is 2. The molecule has 0 unspecified atom stereocenters. The maximum atomic E-state index is 13.3. The molecule has 0 radical (unpaired) electrons. The van der Waals surface area contributed by atoms with E-state index in [1.54, 1.807) is 23.5 Å². The molecule has 2 aromatic rings. The number of nitrogens with one attached hydrogen (secondary N) is 2. The molecule has 0 amide bonds. The van der Waals surface area contributed by atoms with Gasteiger partial charge in [-0.05, 0) is 42.7 Å². The first kappa shape index (κ1) is 20.8. The second-order valence-electron chi connectivity index (χ2n) is 6.59. The summed E-state index contributed by atoms with van der Waals surface area (Å²) in [5, 5.41) is 6.28. The van der Waals surface area contributed by atoms with Crippen molar-refractivity contribution in [3.8, 4) is 0 Å². The van der Waals surface area contributed by atoms with Gasteiger partial charge in [0.25, 0.3) is 10.0 Å². The number of benzene rings is 1. The molecule has 1 fully saturated rings. The van der Waals surface area contributed by atoms with Crippen molar-refractivity contribution in [3.05, 3.63) is 52.7 Å². The zero-order chi connectivity index (χ0) is 20.0. The van der Waals surface area contributed by atoms with Gasteiger partial charge >= 0.3 is 0 Å². The molecular weight excluding hydrogens is 399 g/mol. The number of sulfonamides is 1. The maximum absolute atomic E-state index is 13.3. The third-order valence-electron chi connectivity index (χ3n) is 4.55. The van der Waals surface area contributed by atoms with E-state index in [2.05, 4.69) is 15.6 Å². The first-order chi connectivity index (χ1) is 13.5. The van der Waals surface area contributed by atoms with E-state index >= 15 is 0 Å². The predicted octanol–water partition coefficient (Wildman–Crippen LogP) is 2.93. The molecule has 0 aliphatic carbocycles. The van der Waals surface area contributed by atoms with Crippen molar-refractivity contribution in [1.29, 1.82) is 0 Å². The molecular formula is C19H25FN4O2S2. The van der Waals surface area contributed by atoms with Crippen molar-refractivity contribution in [1.82, 2.24) is 14.9 Å². The summed E-state index contributed by atoms with van der Waals surface area (Å²) in [6.07, 6.45) is 2.94. The molecule has 6 nitrogen and oxygen atoms in total. The third kappa shape index (κ3) is 5.30. The Kier molecular flexibility index (Phi) is 7.03. The maximum Gasteiger partial charge on any atom is 0.252 e. The third-order valence-corrected chi connectivity index (χ3v) is 8.00. The van der Waals surface area contributed by atoms with Gasteiger partial charge in [-0.25, -0.2) is 12.8 Å². The fourth-order valence-electron chi connectivity index (χ4n) is 3.05. The van der Waals surface area contributed by atoms with Crippen molar-refractivity contribution in [2.45, 2.75) is 36.6 Å². The van der Waals surface area contributed by atoms with E-state index in [0.29, 0.717) is 36.3 Å². The summed E-state index contributed by atoms with van der Waals surface area (Å²) in [6.45, 7) is 2.11. The molecule has 1 aromatic carbocycles. The standard InChI is InChI=1S/C19H25FN4O2S2/c1-21-19(22-13-15-6-5-7-16(20)12-15)23-14-17-8-9-18(27-17)28(25,26)24-10-3-2-4-11-24/h5-9,12H,2-4,10-11,13-14H2,1H3,(H2,21,22,23). The minimum Gasteiger partial charge on any atom is -0.352 e. The molecule has 9 heteroatoms. The minimum atomic E-state index is -3.39. The summed E-state index contributed by atoms with van der Waals surface area (Å²) in [6, 6.07) is 9.88. The van der Waals surface area contributed by atoms with Crippen molar-refractivity contribution in [3.63, 3.8) is 0 Å². The van der Waals surface area contributed by atoms with Crippen LogP contribution < -0.4 is 10.6 Å². The zero-order valence-electron chi connectivity index (χ0n) is 15.8. The molecule has 0 atom stereocenters. The molecule has 1 aliphatic heterocycles. The summed E-state index contributed by atoms with van der Waals surface area (Å²) in [5.74, 6) is 0.293. The quantitative estimate of drug-likeness (QED) is 0.552. The minimum absolute atomic E-state index is 0.275. The Morgan fingerprint density at radius 3 is 2.61 bits per heavy atom. The van der Waals surface area contributed by atoms with Crippen LogP contribution in [0.15, 0.2) is 45.6 Å². The molecule has 0 bridgehead atoms. The van der Waals surface area contributed by atoms with Crippen LogP contribution in [-0.2, 0) is 23.1 Å². The highest BCUT2D eigenvalue weighted by atomic mass is 32.2. The summed E-state index contributed by atoms with van der Waals surface area (Å²) >= 11 is 1.28. The number of rotatable bonds is 6. The van der Waals surface area contributed by atoms with Crippen molar-refractivity contribution in [2.75, 3.05) is 20.1 Å². The van der Waals surface area contributed by atoms with Crippen LogP contribution >= 0.6 is 11.3 Å². The van der Waals surface area contributed by atoms with Gasteiger partial charge in [-0.1, -0.05) is 18.6 Å². The van der Waals surface area contributed by atoms with Gasteiger partial charge in [-0.2, -0.15) is 4.31 Å². The fraction of sp³-hybridized carbons (Fsp3) is 0.421. The van der Waals surface area contributed by atoms with Crippen LogP contribution in [0.4, 0.5) is 4.39 Å². The van der Waals surface area contributed by atoms with E-state index in [1.165, 1.54) is 23.5 Å². The van der Waals surface area contributed by atoms with Gasteiger partial charge in [0, 0.05) is 31.6 Å². The lowest BCUT2D eigenvalue weighted by Crippen LogP contribution is -2.36. The Morgan fingerprint density at radius 1 is 1.14 bits per heavy atom. The van der Waals surface area contributed by atoms with Crippen molar-refractivity contribution < 1.29 is 12.8 Å². The molecule has 1 aliphatic rings. The second kappa shape index (κ2) is 9.49. The normalized spacial score (nSPS) is 16.1. The van der Waals surface area contributed by atoms with Crippen molar-refractivity contribution >= 4 is 27.3 Å². The monoisotopic (exact) mass is 424 g/mol. The van der Waals surface area contributed by atoms with E-state index in [4.69, 9.17) is 0 Å². The Bertz CT molecular complexity index is 922. The van der Waals surface area contributed by atoms with E-state index in [9.17, 15) is 12.8 Å². The molecule has 0 saturated carbocycles. The predicted molar refractivity (Wildman–Crippen MR) is 110 cm³/mol. The van der Waals surface area contributed by atoms with Crippen LogP contribution in [0.25, 0.3) is 0 Å². The molecule has 1 saturated heterocycles. The van der Waals surface area contributed by atoms with Gasteiger partial charge < -0.3 is 10.6 Å². The van der Waals surface area contributed by atoms with Crippen LogP contribution in [0, 0.1) is 5.82 Å². The number of aliphatic imine (C=N–C) groups is 1. The first-order valence-corrected chi connectivity index (χ1v) is 11.5. The molecule has 3 rings (SSSR count). The zero-order valence-corrected chi connectivity index (χ0v) is 17.5. The molecule has 28 heavy (non-hydrogen) atoms. The van der Waals surface area contributed by atoms with E-state index in [1.807, 2.05) is 12.1 Å². The van der Waals surface area contributed by atoms with Gasteiger partial charge in [0.15, 0.2) is 5.96 Å². The van der Waals surface area contributed by atoms with Gasteiger partial charge in [-0.3, -0.25) is 4.99 Å². The smallest absolute Gasteiger partial charge is 0.252 e. The summed E-state index contributed by atoms with van der Waals surface area (Å²) in [7, 11) is -1.74. The number of piperidine rings is 1. The Hall–Kier alpha value is -1.97. The van der Waals surface area contributed by atoms with E-state index < -0.39 is 10.0 Å². The van der Waals surface area contributed by atoms with Crippen LogP contribution in [0.1, 0.15) is 29.7 Å².